The van der Waals surface area contributed by atoms with Crippen molar-refractivity contribution in [1.82, 2.24) is 0 Å². The molecule has 0 spiro atoms. The summed E-state index contributed by atoms with van der Waals surface area (Å²) in [6, 6.07) is 17.9. The second-order valence-electron chi connectivity index (χ2n) is 6.25. The molecule has 3 rings (SSSR count). The quantitative estimate of drug-likeness (QED) is 0.637. The normalized spacial score (nSPS) is 12.0. The number of methoxy groups -OCH3 is 1. The van der Waals surface area contributed by atoms with Crippen LogP contribution in [0.25, 0.3) is 10.8 Å². The van der Waals surface area contributed by atoms with Crippen LogP contribution in [0, 0.1) is 5.82 Å². The van der Waals surface area contributed by atoms with Crippen LogP contribution < -0.4 is 9.64 Å². The number of amides is 1. The van der Waals surface area contributed by atoms with Gasteiger partial charge in [0.1, 0.15) is 11.6 Å². The molecule has 3 aromatic carbocycles. The first-order valence-corrected chi connectivity index (χ1v) is 8.68. The number of ether oxygens (including phenoxy) is 1. The zero-order chi connectivity index (χ0) is 18.7. The van der Waals surface area contributed by atoms with Gasteiger partial charge in [0.05, 0.1) is 13.0 Å². The first-order valence-electron chi connectivity index (χ1n) is 8.68. The SMILES string of the molecule is CCN(C(=O)[C@@H](C)c1ccc2cc(OC)ccc2c1)c1ccc(F)cc1. The van der Waals surface area contributed by atoms with Crippen molar-refractivity contribution in [3.63, 3.8) is 0 Å². The number of nitrogens with zero attached hydrogens (tertiary/aromatic N) is 1. The Morgan fingerprint density at radius 2 is 1.69 bits per heavy atom. The van der Waals surface area contributed by atoms with E-state index in [2.05, 4.69) is 0 Å². The average molecular weight is 351 g/mol. The summed E-state index contributed by atoms with van der Waals surface area (Å²) in [5, 5.41) is 2.13. The third-order valence-electron chi connectivity index (χ3n) is 4.66. The summed E-state index contributed by atoms with van der Waals surface area (Å²) in [6.45, 7) is 4.35. The number of halogens is 1. The van der Waals surface area contributed by atoms with Crippen molar-refractivity contribution in [2.45, 2.75) is 19.8 Å². The van der Waals surface area contributed by atoms with E-state index in [1.165, 1.54) is 12.1 Å². The fourth-order valence-electron chi connectivity index (χ4n) is 3.10. The molecule has 1 atom stereocenters. The Balaban J connectivity index is 1.89. The molecular formula is C22H22FNO2. The van der Waals surface area contributed by atoms with Crippen LogP contribution >= 0.6 is 0 Å². The predicted molar refractivity (Wildman–Crippen MR) is 103 cm³/mol. The van der Waals surface area contributed by atoms with Gasteiger partial charge in [-0.2, -0.15) is 0 Å². The van der Waals surface area contributed by atoms with Crippen molar-refractivity contribution in [3.8, 4) is 5.75 Å². The lowest BCUT2D eigenvalue weighted by Crippen LogP contribution is -2.34. The van der Waals surface area contributed by atoms with Crippen LogP contribution in [0.15, 0.2) is 60.7 Å². The molecule has 0 aliphatic heterocycles. The topological polar surface area (TPSA) is 29.5 Å². The number of hydrogen-bond donors (Lipinski definition) is 0. The maximum absolute atomic E-state index is 13.2. The van der Waals surface area contributed by atoms with E-state index in [-0.39, 0.29) is 17.6 Å². The van der Waals surface area contributed by atoms with Crippen molar-refractivity contribution >= 4 is 22.4 Å². The number of fused-ring (bicyclic) bond motifs is 1. The van der Waals surface area contributed by atoms with Crippen LogP contribution in [0.5, 0.6) is 5.75 Å². The number of benzene rings is 3. The van der Waals surface area contributed by atoms with Gasteiger partial charge < -0.3 is 9.64 Å². The van der Waals surface area contributed by atoms with Crippen LogP contribution in [0.1, 0.15) is 25.3 Å². The fraction of sp³-hybridized carbons (Fsp3) is 0.227. The third-order valence-corrected chi connectivity index (χ3v) is 4.66. The Kier molecular flexibility index (Phi) is 5.21. The second kappa shape index (κ2) is 7.56. The minimum Gasteiger partial charge on any atom is -0.497 e. The van der Waals surface area contributed by atoms with Crippen LogP contribution in [0.2, 0.25) is 0 Å². The molecule has 0 saturated carbocycles. The van der Waals surface area contributed by atoms with Gasteiger partial charge in [-0.25, -0.2) is 4.39 Å². The minimum atomic E-state index is -0.310. The molecule has 0 fully saturated rings. The lowest BCUT2D eigenvalue weighted by Gasteiger charge is -2.25. The maximum atomic E-state index is 13.2. The number of hydrogen-bond acceptors (Lipinski definition) is 2. The van der Waals surface area contributed by atoms with E-state index in [0.717, 1.165) is 22.1 Å². The Morgan fingerprint density at radius 1 is 1.04 bits per heavy atom. The highest BCUT2D eigenvalue weighted by atomic mass is 19.1. The van der Waals surface area contributed by atoms with Gasteiger partial charge in [0, 0.05) is 12.2 Å². The Morgan fingerprint density at radius 3 is 2.35 bits per heavy atom. The Hall–Kier alpha value is -2.88. The number of likely N-dealkylation sites (N-methyl/N-ethyl adjacent to an activating group) is 1. The molecular weight excluding hydrogens is 329 g/mol. The van der Waals surface area contributed by atoms with Gasteiger partial charge in [-0.05, 0) is 66.6 Å². The van der Waals surface area contributed by atoms with Gasteiger partial charge in [-0.1, -0.05) is 24.3 Å². The van der Waals surface area contributed by atoms with Crippen molar-refractivity contribution < 1.29 is 13.9 Å². The Labute approximate surface area is 153 Å². The largest absolute Gasteiger partial charge is 0.497 e. The molecule has 0 heterocycles. The molecule has 4 heteroatoms. The average Bonchev–Trinajstić information content (AvgIpc) is 2.68. The molecule has 1 amide bonds. The molecule has 0 aliphatic carbocycles. The Bertz CT molecular complexity index is 921. The first kappa shape index (κ1) is 17.9. The van der Waals surface area contributed by atoms with E-state index in [1.54, 1.807) is 24.1 Å². The lowest BCUT2D eigenvalue weighted by molar-refractivity contribution is -0.119. The van der Waals surface area contributed by atoms with Crippen molar-refractivity contribution in [1.29, 1.82) is 0 Å². The second-order valence-corrected chi connectivity index (χ2v) is 6.25. The van der Waals surface area contributed by atoms with Crippen LogP contribution in [0.3, 0.4) is 0 Å². The molecule has 0 unspecified atom stereocenters. The molecule has 0 radical (unpaired) electrons. The summed E-state index contributed by atoms with van der Waals surface area (Å²) in [4.78, 5) is 14.7. The van der Waals surface area contributed by atoms with E-state index < -0.39 is 0 Å². The summed E-state index contributed by atoms with van der Waals surface area (Å²) in [5.74, 6) is 0.191. The number of carbonyl (C=O) groups is 1. The van der Waals surface area contributed by atoms with E-state index >= 15 is 0 Å². The molecule has 0 aliphatic rings. The van der Waals surface area contributed by atoms with Gasteiger partial charge in [-0.3, -0.25) is 4.79 Å². The summed E-state index contributed by atoms with van der Waals surface area (Å²) < 4.78 is 18.4. The number of rotatable bonds is 5. The van der Waals surface area contributed by atoms with E-state index in [1.807, 2.05) is 50.2 Å². The van der Waals surface area contributed by atoms with Crippen molar-refractivity contribution in [2.75, 3.05) is 18.6 Å². The minimum absolute atomic E-state index is 0.00744. The first-order chi connectivity index (χ1) is 12.5. The molecule has 0 saturated heterocycles. The summed E-state index contributed by atoms with van der Waals surface area (Å²) >= 11 is 0. The van der Waals surface area contributed by atoms with Crippen molar-refractivity contribution in [2.24, 2.45) is 0 Å². The number of carbonyl (C=O) groups excluding carboxylic acids is 1. The third kappa shape index (κ3) is 3.54. The summed E-state index contributed by atoms with van der Waals surface area (Å²) in [7, 11) is 1.64. The van der Waals surface area contributed by atoms with Gasteiger partial charge in [0.15, 0.2) is 0 Å². The molecule has 3 aromatic rings. The number of anilines is 1. The smallest absolute Gasteiger partial charge is 0.234 e. The molecule has 0 N–H and O–H groups in total. The van der Waals surface area contributed by atoms with E-state index in [0.29, 0.717) is 12.2 Å². The van der Waals surface area contributed by atoms with Gasteiger partial charge in [0.25, 0.3) is 0 Å². The van der Waals surface area contributed by atoms with Crippen LogP contribution in [0.4, 0.5) is 10.1 Å². The van der Waals surface area contributed by atoms with E-state index in [4.69, 9.17) is 4.74 Å². The summed E-state index contributed by atoms with van der Waals surface area (Å²) in [6.07, 6.45) is 0. The highest BCUT2D eigenvalue weighted by molar-refractivity contribution is 5.98. The van der Waals surface area contributed by atoms with Crippen molar-refractivity contribution in [3.05, 3.63) is 72.0 Å². The lowest BCUT2D eigenvalue weighted by atomic mass is 9.96. The molecule has 134 valence electrons. The molecule has 26 heavy (non-hydrogen) atoms. The standard InChI is InChI=1S/C22H22FNO2/c1-4-24(20-10-8-19(23)9-11-20)22(25)15(2)16-5-6-18-14-21(26-3)12-7-17(18)13-16/h5-15H,4H2,1-3H3/t15-/m0/s1. The molecule has 0 bridgehead atoms. The summed E-state index contributed by atoms with van der Waals surface area (Å²) in [5.41, 5.74) is 1.66. The maximum Gasteiger partial charge on any atom is 0.234 e. The zero-order valence-electron chi connectivity index (χ0n) is 15.2. The van der Waals surface area contributed by atoms with Crippen LogP contribution in [-0.4, -0.2) is 19.6 Å². The monoisotopic (exact) mass is 351 g/mol. The zero-order valence-corrected chi connectivity index (χ0v) is 15.2. The fourth-order valence-corrected chi connectivity index (χ4v) is 3.10. The highest BCUT2D eigenvalue weighted by Crippen LogP contribution is 2.27. The highest BCUT2D eigenvalue weighted by Gasteiger charge is 2.22. The van der Waals surface area contributed by atoms with Gasteiger partial charge in [-0.15, -0.1) is 0 Å². The van der Waals surface area contributed by atoms with Crippen LogP contribution in [-0.2, 0) is 4.79 Å². The predicted octanol–water partition coefficient (Wildman–Crippen LogP) is 5.14. The van der Waals surface area contributed by atoms with Gasteiger partial charge in [0.2, 0.25) is 5.91 Å². The molecule has 0 aromatic heterocycles. The molecule has 3 nitrogen and oxygen atoms in total. The van der Waals surface area contributed by atoms with Gasteiger partial charge >= 0.3 is 0 Å². The van der Waals surface area contributed by atoms with E-state index in [9.17, 15) is 9.18 Å².